The zero-order valence-corrected chi connectivity index (χ0v) is 14.8. The van der Waals surface area contributed by atoms with Crippen molar-refractivity contribution in [3.8, 4) is 0 Å². The predicted octanol–water partition coefficient (Wildman–Crippen LogP) is 4.56. The first-order valence-corrected chi connectivity index (χ1v) is 8.96. The number of hydrogen-bond acceptors (Lipinski definition) is 5. The van der Waals surface area contributed by atoms with E-state index in [0.717, 1.165) is 20.9 Å². The highest BCUT2D eigenvalue weighted by molar-refractivity contribution is 8.14. The summed E-state index contributed by atoms with van der Waals surface area (Å²) in [6, 6.07) is 10.2. The number of amidine groups is 1. The lowest BCUT2D eigenvalue weighted by atomic mass is 10.1. The molecule has 2 aromatic rings. The molecule has 0 bridgehead atoms. The lowest BCUT2D eigenvalue weighted by molar-refractivity contribution is 0.585. The molecule has 0 fully saturated rings. The van der Waals surface area contributed by atoms with Crippen LogP contribution < -0.4 is 5.32 Å². The van der Waals surface area contributed by atoms with Crippen molar-refractivity contribution in [1.82, 2.24) is 9.97 Å². The third-order valence-corrected chi connectivity index (χ3v) is 3.93. The molecule has 0 amide bonds. The van der Waals surface area contributed by atoms with E-state index in [1.54, 1.807) is 24.2 Å². The summed E-state index contributed by atoms with van der Waals surface area (Å²) in [5.74, 6) is 0. The van der Waals surface area contributed by atoms with Gasteiger partial charge in [-0.05, 0) is 39.2 Å². The Bertz CT molecular complexity index is 619. The molecule has 1 aromatic heterocycles. The van der Waals surface area contributed by atoms with Crippen molar-refractivity contribution in [1.29, 1.82) is 0 Å². The van der Waals surface area contributed by atoms with Gasteiger partial charge in [0.2, 0.25) is 0 Å². The molecule has 0 unspecified atom stereocenters. The second-order valence-electron chi connectivity index (χ2n) is 5.59. The highest BCUT2D eigenvalue weighted by Crippen LogP contribution is 2.23. The predicted molar refractivity (Wildman–Crippen MR) is 96.9 cm³/mol. The topological polar surface area (TPSA) is 50.2 Å². The Balaban J connectivity index is 2.19. The second kappa shape index (κ2) is 7.65. The van der Waals surface area contributed by atoms with Crippen LogP contribution in [0.3, 0.4) is 0 Å². The third kappa shape index (κ3) is 5.69. The number of anilines is 1. The Labute approximate surface area is 140 Å². The van der Waals surface area contributed by atoms with Crippen molar-refractivity contribution in [2.24, 2.45) is 4.99 Å². The number of rotatable bonds is 3. The Morgan fingerprint density at radius 3 is 2.27 bits per heavy atom. The lowest BCUT2D eigenvalue weighted by Gasteiger charge is -2.17. The molecule has 22 heavy (non-hydrogen) atoms. The van der Waals surface area contributed by atoms with Crippen molar-refractivity contribution in [3.05, 3.63) is 42.7 Å². The Hall–Kier alpha value is -1.53. The fourth-order valence-corrected chi connectivity index (χ4v) is 2.91. The van der Waals surface area contributed by atoms with Crippen molar-refractivity contribution in [3.63, 3.8) is 0 Å². The van der Waals surface area contributed by atoms with E-state index < -0.39 is 0 Å². The fourth-order valence-electron chi connectivity index (χ4n) is 1.59. The van der Waals surface area contributed by atoms with Crippen LogP contribution >= 0.6 is 23.5 Å². The monoisotopic (exact) mass is 332 g/mol. The average molecular weight is 332 g/mol. The molecule has 1 heterocycles. The number of benzene rings is 1. The quantitative estimate of drug-likeness (QED) is 0.386. The standard InChI is InChI=1S/C16H20N4S2/c1-16(2,3)20-15(22-13-8-6-5-7-9-13)19-12-10-17-14(21-4)18-11-12/h5-11H,1-4H3,(H,19,20). The van der Waals surface area contributed by atoms with Crippen LogP contribution in [0.2, 0.25) is 0 Å². The summed E-state index contributed by atoms with van der Waals surface area (Å²) in [7, 11) is 0. The zero-order chi connectivity index (χ0) is 16.0. The Kier molecular flexibility index (Phi) is 5.85. The fraction of sp³-hybridized carbons (Fsp3) is 0.312. The van der Waals surface area contributed by atoms with Gasteiger partial charge in [-0.25, -0.2) is 9.97 Å². The molecule has 1 aromatic carbocycles. The van der Waals surface area contributed by atoms with E-state index in [0.29, 0.717) is 0 Å². The van der Waals surface area contributed by atoms with E-state index in [-0.39, 0.29) is 5.54 Å². The van der Waals surface area contributed by atoms with Crippen molar-refractivity contribution in [2.45, 2.75) is 36.4 Å². The molecule has 1 N–H and O–H groups in total. The highest BCUT2D eigenvalue weighted by Gasteiger charge is 2.12. The van der Waals surface area contributed by atoms with Gasteiger partial charge in [0.1, 0.15) is 0 Å². The van der Waals surface area contributed by atoms with Crippen LogP contribution in [-0.2, 0) is 0 Å². The van der Waals surface area contributed by atoms with Gasteiger partial charge in [0, 0.05) is 4.90 Å². The summed E-state index contributed by atoms with van der Waals surface area (Å²) in [5.41, 5.74) is 0.675. The van der Waals surface area contributed by atoms with E-state index in [2.05, 4.69) is 48.2 Å². The maximum atomic E-state index is 4.75. The summed E-state index contributed by atoms with van der Waals surface area (Å²) < 4.78 is 0. The first-order valence-electron chi connectivity index (χ1n) is 6.92. The molecule has 0 saturated carbocycles. The van der Waals surface area contributed by atoms with E-state index >= 15 is 0 Å². The Morgan fingerprint density at radius 1 is 1.09 bits per heavy atom. The minimum atomic E-state index is -0.163. The van der Waals surface area contributed by atoms with Gasteiger partial charge in [0.25, 0.3) is 0 Å². The lowest BCUT2D eigenvalue weighted by Crippen LogP contribution is -2.18. The zero-order valence-electron chi connectivity index (χ0n) is 13.2. The van der Waals surface area contributed by atoms with Gasteiger partial charge in [-0.3, -0.25) is 4.99 Å². The SMILES string of the molecule is CSc1ncc(NC(=NC(C)(C)C)Sc2ccccc2)cn1. The molecule has 0 radical (unpaired) electrons. The molecule has 0 saturated heterocycles. The molecular weight excluding hydrogens is 312 g/mol. The molecule has 4 nitrogen and oxygen atoms in total. The average Bonchev–Trinajstić information content (AvgIpc) is 2.47. The normalized spacial score (nSPS) is 12.3. The molecule has 116 valence electrons. The van der Waals surface area contributed by atoms with Crippen LogP contribution in [0.15, 0.2) is 57.8 Å². The van der Waals surface area contributed by atoms with E-state index in [1.165, 1.54) is 11.8 Å². The van der Waals surface area contributed by atoms with Gasteiger partial charge in [-0.1, -0.05) is 41.7 Å². The number of nitrogens with one attached hydrogen (secondary N) is 1. The first kappa shape index (κ1) is 16.8. The number of thioether (sulfide) groups is 2. The molecule has 0 aliphatic carbocycles. The largest absolute Gasteiger partial charge is 0.332 e. The number of aromatic nitrogens is 2. The molecular formula is C16H20N4S2. The van der Waals surface area contributed by atoms with E-state index in [9.17, 15) is 0 Å². The smallest absolute Gasteiger partial charge is 0.187 e. The van der Waals surface area contributed by atoms with Crippen LogP contribution in [0, 0.1) is 0 Å². The summed E-state index contributed by atoms with van der Waals surface area (Å²) >= 11 is 3.12. The van der Waals surface area contributed by atoms with Crippen LogP contribution in [0.1, 0.15) is 20.8 Å². The number of aliphatic imine (C=N–C) groups is 1. The number of hydrogen-bond donors (Lipinski definition) is 1. The van der Waals surface area contributed by atoms with Crippen LogP contribution in [0.4, 0.5) is 5.69 Å². The van der Waals surface area contributed by atoms with Crippen LogP contribution in [0.25, 0.3) is 0 Å². The van der Waals surface area contributed by atoms with Gasteiger partial charge in [0.15, 0.2) is 10.3 Å². The van der Waals surface area contributed by atoms with Crippen LogP contribution in [0.5, 0.6) is 0 Å². The summed E-state index contributed by atoms with van der Waals surface area (Å²) in [5, 5.41) is 4.91. The van der Waals surface area contributed by atoms with Gasteiger partial charge < -0.3 is 5.32 Å². The van der Waals surface area contributed by atoms with Crippen molar-refractivity contribution in [2.75, 3.05) is 11.6 Å². The molecule has 2 rings (SSSR count). The molecule has 0 spiro atoms. The number of nitrogens with zero attached hydrogens (tertiary/aromatic N) is 3. The second-order valence-corrected chi connectivity index (χ2v) is 7.42. The maximum Gasteiger partial charge on any atom is 0.187 e. The van der Waals surface area contributed by atoms with E-state index in [4.69, 9.17) is 4.99 Å². The van der Waals surface area contributed by atoms with Crippen molar-refractivity contribution < 1.29 is 0 Å². The van der Waals surface area contributed by atoms with Gasteiger partial charge in [-0.15, -0.1) is 0 Å². The minimum absolute atomic E-state index is 0.163. The van der Waals surface area contributed by atoms with Gasteiger partial charge in [-0.2, -0.15) is 0 Å². The molecule has 0 aliphatic heterocycles. The minimum Gasteiger partial charge on any atom is -0.332 e. The third-order valence-electron chi connectivity index (χ3n) is 2.46. The molecule has 6 heteroatoms. The maximum absolute atomic E-state index is 4.75. The summed E-state index contributed by atoms with van der Waals surface area (Å²) in [6.07, 6.45) is 5.52. The van der Waals surface area contributed by atoms with Crippen LogP contribution in [-0.4, -0.2) is 26.9 Å². The molecule has 0 atom stereocenters. The van der Waals surface area contributed by atoms with Gasteiger partial charge >= 0.3 is 0 Å². The summed E-state index contributed by atoms with van der Waals surface area (Å²) in [4.78, 5) is 14.4. The Morgan fingerprint density at radius 2 is 1.73 bits per heavy atom. The van der Waals surface area contributed by atoms with E-state index in [1.807, 2.05) is 24.5 Å². The highest BCUT2D eigenvalue weighted by atomic mass is 32.2. The van der Waals surface area contributed by atoms with Gasteiger partial charge in [0.05, 0.1) is 23.6 Å². The van der Waals surface area contributed by atoms with Crippen molar-refractivity contribution >= 4 is 34.4 Å². The first-order chi connectivity index (χ1) is 10.5. The molecule has 0 aliphatic rings. The summed E-state index contributed by atoms with van der Waals surface area (Å²) in [6.45, 7) is 6.23.